The minimum atomic E-state index is -0.464. The third-order valence-corrected chi connectivity index (χ3v) is 13.1. The molecule has 0 aliphatic carbocycles. The summed E-state index contributed by atoms with van der Waals surface area (Å²) >= 11 is 3.43. The summed E-state index contributed by atoms with van der Waals surface area (Å²) in [5.41, 5.74) is 9.83. The van der Waals surface area contributed by atoms with E-state index in [9.17, 15) is 0 Å². The van der Waals surface area contributed by atoms with Gasteiger partial charge in [0.2, 0.25) is 0 Å². The highest BCUT2D eigenvalue weighted by molar-refractivity contribution is 7.15. The van der Waals surface area contributed by atoms with E-state index in [4.69, 9.17) is 9.97 Å². The molecular weight excluding hydrogens is 885 g/mol. The average Bonchev–Trinajstić information content (AvgIpc) is 4.22. The molecule has 10 aromatic heterocycles. The fourth-order valence-electron chi connectivity index (χ4n) is 7.85. The minimum absolute atomic E-state index is 0.220. The molecule has 0 bridgehead atoms. The first-order chi connectivity index (χ1) is 32.7. The lowest BCUT2D eigenvalue weighted by Crippen LogP contribution is -2.09. The van der Waals surface area contributed by atoms with E-state index in [1.807, 2.05) is 75.3 Å². The topological polar surface area (TPSA) is 170 Å². The van der Waals surface area contributed by atoms with Crippen LogP contribution in [0.3, 0.4) is 0 Å². The predicted octanol–water partition coefficient (Wildman–Crippen LogP) is 12.6. The number of benzene rings is 2. The number of aromatic nitrogens is 12. The van der Waals surface area contributed by atoms with Crippen LogP contribution in [0.25, 0.3) is 110 Å². The zero-order valence-electron chi connectivity index (χ0n) is 37.1. The Morgan fingerprint density at radius 2 is 1.06 bits per heavy atom. The van der Waals surface area contributed by atoms with Gasteiger partial charge in [-0.3, -0.25) is 30.1 Å². The number of anilines is 1. The highest BCUT2D eigenvalue weighted by atomic mass is 32.1. The maximum absolute atomic E-state index is 15.9. The van der Waals surface area contributed by atoms with Crippen LogP contribution in [0.1, 0.15) is 23.6 Å². The summed E-state index contributed by atoms with van der Waals surface area (Å²) in [6.07, 6.45) is 9.75. The molecule has 0 saturated carbocycles. The average molecular weight is 926 g/mol. The Bertz CT molecular complexity index is 3730. The van der Waals surface area contributed by atoms with Gasteiger partial charge in [0.1, 0.15) is 22.8 Å². The van der Waals surface area contributed by atoms with Gasteiger partial charge in [0.25, 0.3) is 0 Å². The van der Waals surface area contributed by atoms with Gasteiger partial charge in [0, 0.05) is 74.4 Å². The molecule has 67 heavy (non-hydrogen) atoms. The quantitative estimate of drug-likeness (QED) is 0.121. The van der Waals surface area contributed by atoms with Gasteiger partial charge in [-0.2, -0.15) is 10.2 Å². The number of fused-ring (bicyclic) bond motifs is 4. The summed E-state index contributed by atoms with van der Waals surface area (Å²) in [4.78, 5) is 39.9. The summed E-state index contributed by atoms with van der Waals surface area (Å²) in [6.45, 7) is 8.16. The number of halogens is 2. The van der Waals surface area contributed by atoms with Crippen molar-refractivity contribution in [1.82, 2.24) is 60.3 Å². The van der Waals surface area contributed by atoms with Crippen molar-refractivity contribution in [2.75, 3.05) is 19.0 Å². The fraction of sp³-hybridized carbons (Fsp3) is 0.120. The molecule has 0 unspecified atom stereocenters. The summed E-state index contributed by atoms with van der Waals surface area (Å²) in [7, 11) is 3.82. The Labute approximate surface area is 390 Å². The predicted molar refractivity (Wildman–Crippen MR) is 266 cm³/mol. The van der Waals surface area contributed by atoms with Crippen LogP contribution in [0.2, 0.25) is 0 Å². The minimum Gasteiger partial charge on any atom is -0.376 e. The molecule has 4 N–H and O–H groups in total. The highest BCUT2D eigenvalue weighted by Gasteiger charge is 2.23. The highest BCUT2D eigenvalue weighted by Crippen LogP contribution is 2.38. The molecule has 0 aliphatic rings. The largest absolute Gasteiger partial charge is 0.376 e. The number of nitrogens with one attached hydrogen (secondary N) is 4. The number of pyridine rings is 4. The molecule has 0 aliphatic heterocycles. The van der Waals surface area contributed by atoms with E-state index in [1.165, 1.54) is 9.75 Å². The summed E-state index contributed by atoms with van der Waals surface area (Å²) < 4.78 is 31.4. The molecule has 13 nitrogen and oxygen atoms in total. The molecule has 0 amide bonds. The van der Waals surface area contributed by atoms with Crippen molar-refractivity contribution >= 4 is 72.2 Å². The van der Waals surface area contributed by atoms with Gasteiger partial charge in [0.15, 0.2) is 23.3 Å². The zero-order valence-corrected chi connectivity index (χ0v) is 38.7. The summed E-state index contributed by atoms with van der Waals surface area (Å²) in [5.74, 6) is 0.0831. The molecule has 332 valence electrons. The molecule has 17 heteroatoms. The van der Waals surface area contributed by atoms with Gasteiger partial charge >= 0.3 is 0 Å². The Hall–Kier alpha value is -8.02. The Morgan fingerprint density at radius 3 is 1.54 bits per heavy atom. The maximum atomic E-state index is 15.9. The lowest BCUT2D eigenvalue weighted by molar-refractivity contribution is 0.638. The first kappa shape index (κ1) is 42.9. The van der Waals surface area contributed by atoms with Crippen LogP contribution in [0.4, 0.5) is 14.5 Å². The second-order valence-electron chi connectivity index (χ2n) is 15.5. The molecule has 10 heterocycles. The Balaban J connectivity index is 0.000000152. The van der Waals surface area contributed by atoms with Crippen LogP contribution in [0.5, 0.6) is 0 Å². The van der Waals surface area contributed by atoms with Crippen molar-refractivity contribution in [3.8, 4) is 66.4 Å². The monoisotopic (exact) mass is 925 g/mol. The SMILES string of the molecule is CC.Cc1ccc(-c2cccc3[nH]c(-c4n[nH]c5cnc(-c6cccnc6)c(F)c45)nc23)s1.Cc1ccc(-c2cccc3[nH]c(-c4n[nH]c5cnc(-c6cncc(N(C)C)c6)c(F)c45)nc23)s1. The molecule has 2 aromatic carbocycles. The Morgan fingerprint density at radius 1 is 0.537 bits per heavy atom. The summed E-state index contributed by atoms with van der Waals surface area (Å²) in [5, 5.41) is 15.2. The van der Waals surface area contributed by atoms with Crippen molar-refractivity contribution in [3.63, 3.8) is 0 Å². The van der Waals surface area contributed by atoms with Gasteiger partial charge in [0.05, 0.1) is 68.2 Å². The second-order valence-corrected chi connectivity index (χ2v) is 18.1. The van der Waals surface area contributed by atoms with E-state index in [-0.39, 0.29) is 11.4 Å². The van der Waals surface area contributed by atoms with E-state index >= 15 is 8.78 Å². The normalized spacial score (nSPS) is 11.3. The number of aryl methyl sites for hydroxylation is 2. The van der Waals surface area contributed by atoms with E-state index < -0.39 is 11.6 Å². The first-order valence-corrected chi connectivity index (χ1v) is 23.0. The fourth-order valence-corrected chi connectivity index (χ4v) is 9.63. The van der Waals surface area contributed by atoms with Crippen LogP contribution in [-0.2, 0) is 0 Å². The van der Waals surface area contributed by atoms with Crippen molar-refractivity contribution in [1.29, 1.82) is 0 Å². The molecule has 12 aromatic rings. The van der Waals surface area contributed by atoms with Crippen molar-refractivity contribution < 1.29 is 8.78 Å². The molecule has 0 spiro atoms. The maximum Gasteiger partial charge on any atom is 0.161 e. The van der Waals surface area contributed by atoms with Gasteiger partial charge in [-0.05, 0) is 68.4 Å². The second kappa shape index (κ2) is 17.8. The molecule has 0 radical (unpaired) electrons. The van der Waals surface area contributed by atoms with E-state index in [1.54, 1.807) is 72.0 Å². The van der Waals surface area contributed by atoms with E-state index in [0.29, 0.717) is 56.0 Å². The number of H-pyrrole nitrogens is 4. The number of imidazole rings is 2. The number of thiophene rings is 2. The van der Waals surface area contributed by atoms with Gasteiger partial charge < -0.3 is 14.9 Å². The molecule has 0 saturated heterocycles. The van der Waals surface area contributed by atoms with Crippen LogP contribution >= 0.6 is 22.7 Å². The Kier molecular flexibility index (Phi) is 11.4. The van der Waals surface area contributed by atoms with Gasteiger partial charge in [-0.25, -0.2) is 18.7 Å². The van der Waals surface area contributed by atoms with Crippen LogP contribution in [0.15, 0.2) is 116 Å². The van der Waals surface area contributed by atoms with Crippen LogP contribution in [0, 0.1) is 25.5 Å². The van der Waals surface area contributed by atoms with Crippen molar-refractivity contribution in [2.45, 2.75) is 27.7 Å². The molecule has 0 atom stereocenters. The number of nitrogens with zero attached hydrogens (tertiary/aromatic N) is 9. The van der Waals surface area contributed by atoms with Crippen molar-refractivity contribution in [2.24, 2.45) is 0 Å². The van der Waals surface area contributed by atoms with E-state index in [0.717, 1.165) is 48.6 Å². The number of rotatable bonds is 7. The number of para-hydroxylation sites is 2. The molecular formula is C50H41F2N13S2. The lowest BCUT2D eigenvalue weighted by atomic mass is 10.1. The van der Waals surface area contributed by atoms with Crippen LogP contribution in [-0.4, -0.2) is 74.4 Å². The van der Waals surface area contributed by atoms with Crippen molar-refractivity contribution in [3.05, 3.63) is 137 Å². The number of hydrogen-bond donors (Lipinski definition) is 4. The first-order valence-electron chi connectivity index (χ1n) is 21.4. The smallest absolute Gasteiger partial charge is 0.161 e. The third-order valence-electron chi connectivity index (χ3n) is 11.0. The van der Waals surface area contributed by atoms with Crippen LogP contribution < -0.4 is 4.90 Å². The van der Waals surface area contributed by atoms with Gasteiger partial charge in [-0.15, -0.1) is 22.7 Å². The zero-order chi connectivity index (χ0) is 46.3. The standard InChI is InChI=1S/C25H20FN7S.C23H15FN6S.C2H6/c1-13-7-8-19(34-13)16-5-4-6-17-23(16)30-25(29-17)24-20-18(31-32-24)12-28-22(21(20)26)14-9-15(33(2)3)11-27-10-14;1-12-7-8-17(31-12)14-5-2-6-15-21(14)28-23(27-15)22-18-16(29-30-22)11-26-20(19(18)24)13-4-3-9-25-10-13;1-2/h4-12H,1-3H3,(H,29,30)(H,31,32);2-11H,1H3,(H,27,28)(H,29,30);1-2H3. The third kappa shape index (κ3) is 7.87. The molecule has 12 rings (SSSR count). The lowest BCUT2D eigenvalue weighted by Gasteiger charge is -2.13. The van der Waals surface area contributed by atoms with Gasteiger partial charge in [-0.1, -0.05) is 38.1 Å². The molecule has 0 fully saturated rings. The number of hydrogen-bond acceptors (Lipinski definition) is 11. The number of aromatic amines is 4. The van der Waals surface area contributed by atoms with E-state index in [2.05, 4.69) is 88.4 Å². The summed E-state index contributed by atoms with van der Waals surface area (Å²) in [6, 6.07) is 25.8.